The summed E-state index contributed by atoms with van der Waals surface area (Å²) in [7, 11) is 0. The summed E-state index contributed by atoms with van der Waals surface area (Å²) in [6.45, 7) is 2.11. The van der Waals surface area contributed by atoms with Crippen molar-refractivity contribution in [1.82, 2.24) is 47.9 Å². The van der Waals surface area contributed by atoms with E-state index in [2.05, 4.69) is 92.8 Å². The molecular weight excluding hydrogens is 1410 g/mol. The van der Waals surface area contributed by atoms with E-state index in [1.807, 2.05) is 0 Å². The van der Waals surface area contributed by atoms with Crippen LogP contribution in [0.2, 0.25) is 0 Å². The molecule has 49 nitrogen and oxygen atoms in total. The van der Waals surface area contributed by atoms with E-state index in [0.29, 0.717) is 0 Å². The van der Waals surface area contributed by atoms with E-state index >= 15 is 0 Å². The zero-order valence-electron chi connectivity index (χ0n) is 60.7. The molecular formula is C58H117N37O12. The first-order valence-corrected chi connectivity index (χ1v) is 33.9. The first-order chi connectivity index (χ1) is 50.2. The van der Waals surface area contributed by atoms with E-state index in [-0.39, 0.29) is 228 Å². The van der Waals surface area contributed by atoms with Gasteiger partial charge in [0.25, 0.3) is 5.97 Å². The number of nitrogens with two attached hydrogens (primary N) is 19. The Kier molecular flexibility index (Phi) is 50.7. The number of nitrogens with one attached hydrogen (secondary N) is 9. The maximum atomic E-state index is 14.9. The van der Waals surface area contributed by atoms with E-state index in [1.54, 1.807) is 0 Å². The fraction of sp³-hybridized carbons (Fsp3) is 0.655. The predicted octanol–water partition coefficient (Wildman–Crippen LogP) is -13.6. The summed E-state index contributed by atoms with van der Waals surface area (Å²) in [5, 5.41) is 31.0. The second kappa shape index (κ2) is 56.1. The summed E-state index contributed by atoms with van der Waals surface area (Å²) in [5.41, 5.74) is 105. The van der Waals surface area contributed by atoms with Gasteiger partial charge in [-0.1, -0.05) is 0 Å². The van der Waals surface area contributed by atoms with Gasteiger partial charge >= 0.3 is 0 Å². The van der Waals surface area contributed by atoms with Crippen molar-refractivity contribution in [2.24, 2.45) is 154 Å². The average Bonchev–Trinajstić information content (AvgIpc) is 0.852. The predicted molar refractivity (Wildman–Crippen MR) is 405 cm³/mol. The molecule has 606 valence electrons. The molecule has 0 aliphatic carbocycles. The van der Waals surface area contributed by atoms with Gasteiger partial charge in [-0.05, 0) is 116 Å². The Hall–Kier alpha value is -12.4. The van der Waals surface area contributed by atoms with Crippen LogP contribution in [0.3, 0.4) is 0 Å². The van der Waals surface area contributed by atoms with Gasteiger partial charge in [-0.15, -0.1) is 0 Å². The highest BCUT2D eigenvalue weighted by Gasteiger charge is 2.35. The topological polar surface area (TPSA) is 922 Å². The van der Waals surface area contributed by atoms with Gasteiger partial charge in [0.05, 0.1) is 0 Å². The van der Waals surface area contributed by atoms with Gasteiger partial charge in [0.15, 0.2) is 53.6 Å². The maximum Gasteiger partial charge on any atom is 0.300 e. The second-order valence-corrected chi connectivity index (χ2v) is 23.7. The molecule has 9 atom stereocenters. The molecule has 0 saturated heterocycles. The molecule has 0 heterocycles. The van der Waals surface area contributed by atoms with Crippen molar-refractivity contribution in [3.05, 3.63) is 0 Å². The lowest BCUT2D eigenvalue weighted by Crippen LogP contribution is -2.60. The van der Waals surface area contributed by atoms with E-state index in [0.717, 1.165) is 6.92 Å². The Morgan fingerprint density at radius 1 is 0.224 bits per heavy atom. The lowest BCUT2D eigenvalue weighted by molar-refractivity contribution is -0.136. The Morgan fingerprint density at radius 3 is 0.449 bits per heavy atom. The third-order valence-corrected chi connectivity index (χ3v) is 14.3. The van der Waals surface area contributed by atoms with Crippen LogP contribution in [0.4, 0.5) is 0 Å². The van der Waals surface area contributed by atoms with Crippen molar-refractivity contribution in [2.45, 2.75) is 184 Å². The summed E-state index contributed by atoms with van der Waals surface area (Å²) in [6.07, 6.45) is -0.531. The number of carbonyl (C=O) groups excluding carboxylic acids is 10. The minimum atomic E-state index is -1.58. The van der Waals surface area contributed by atoms with Crippen molar-refractivity contribution in [3.63, 3.8) is 0 Å². The minimum absolute atomic E-state index is 0.000737. The third-order valence-electron chi connectivity index (χ3n) is 14.3. The van der Waals surface area contributed by atoms with Gasteiger partial charge in [0.1, 0.15) is 54.4 Å². The minimum Gasteiger partial charge on any atom is -0.481 e. The summed E-state index contributed by atoms with van der Waals surface area (Å²) in [6, 6.07) is -13.0. The highest BCUT2D eigenvalue weighted by Crippen LogP contribution is 2.12. The first-order valence-electron chi connectivity index (χ1n) is 33.9. The van der Waals surface area contributed by atoms with E-state index in [9.17, 15) is 47.9 Å². The van der Waals surface area contributed by atoms with Gasteiger partial charge in [-0.2, -0.15) is 0 Å². The van der Waals surface area contributed by atoms with E-state index in [1.165, 1.54) is 6.92 Å². The summed E-state index contributed by atoms with van der Waals surface area (Å²) in [4.78, 5) is 185. The van der Waals surface area contributed by atoms with Crippen LogP contribution in [0, 0.1) is 0 Å². The quantitative estimate of drug-likeness (QED) is 0.0153. The number of carboxylic acid groups (broad SMARTS) is 1. The number of carbonyl (C=O) groups is 11. The second-order valence-electron chi connectivity index (χ2n) is 23.7. The Labute approximate surface area is 619 Å². The molecule has 0 unspecified atom stereocenters. The van der Waals surface area contributed by atoms with Crippen LogP contribution in [0.15, 0.2) is 44.9 Å². The average molecular weight is 1520 g/mol. The number of carboxylic acids is 1. The van der Waals surface area contributed by atoms with Crippen LogP contribution in [-0.2, 0) is 52.7 Å². The number of primary amides is 1. The number of guanidine groups is 9. The van der Waals surface area contributed by atoms with Crippen LogP contribution in [-0.4, -0.2) is 237 Å². The zero-order chi connectivity index (χ0) is 81.6. The van der Waals surface area contributed by atoms with Crippen molar-refractivity contribution in [3.8, 4) is 0 Å². The Bertz CT molecular complexity index is 3080. The Balaban J connectivity index is 0. The van der Waals surface area contributed by atoms with E-state index in [4.69, 9.17) is 119 Å². The number of aliphatic carboxylic acids is 1. The number of hydrogen-bond donors (Lipinski definition) is 29. The molecule has 0 aromatic heterocycles. The number of amides is 10. The fourth-order valence-electron chi connectivity index (χ4n) is 9.39. The van der Waals surface area contributed by atoms with Crippen LogP contribution in [0.5, 0.6) is 0 Å². The SMILES string of the molecule is CC(=O)N[C@@H](CCCN=C(N)N)C(=O)N[C@@H](CCCN=C(N)N)C(=O)N[C@@H](CCCN=C(N)N)C(=O)N[C@@H](CCCN=C(N)N)C(=O)N[C@@H](CCCN=C(N)N)C(=O)N[C@@H](CCCN=C(N)N)C(=O)N[C@@H](CCCN=C(N)N)C(=O)N[C@@H](CCCN=C(N)N)C(=O)N[C@@H](CCCN=C(N)N)C(N)=O.CC(=O)O. The molecule has 0 bridgehead atoms. The van der Waals surface area contributed by atoms with Crippen LogP contribution < -0.4 is 157 Å². The van der Waals surface area contributed by atoms with Crippen molar-refractivity contribution >= 4 is 119 Å². The number of hydrogen-bond acceptors (Lipinski definition) is 20. The summed E-state index contributed by atoms with van der Waals surface area (Å²) in [5.74, 6) is -12.2. The van der Waals surface area contributed by atoms with Crippen LogP contribution in [0.25, 0.3) is 0 Å². The molecule has 0 aromatic rings. The summed E-state index contributed by atoms with van der Waals surface area (Å²) < 4.78 is 0. The molecule has 0 radical (unpaired) electrons. The molecule has 0 aliphatic rings. The van der Waals surface area contributed by atoms with Gasteiger partial charge in [0.2, 0.25) is 59.1 Å². The molecule has 107 heavy (non-hydrogen) atoms. The normalized spacial score (nSPS) is 12.9. The fourth-order valence-corrected chi connectivity index (χ4v) is 9.39. The number of nitrogens with zero attached hydrogens (tertiary/aromatic N) is 9. The van der Waals surface area contributed by atoms with Gasteiger partial charge in [0, 0.05) is 72.8 Å². The largest absolute Gasteiger partial charge is 0.481 e. The standard InChI is InChI=1S/C56H113N37O10.C2H4O2/c1-29(94)85-31(12-3-21-77-49(60)61)40(96)87-33(14-5-23-79-51(64)65)42(98)89-35(16-7-25-81-53(68)69)44(100)91-37(18-9-27-83-55(72)73)46(102)93-38(19-10-28-84-56(74)75)47(103)92-36(17-8-26-82-54(70)71)45(101)90-34(15-6-24-80-52(66)67)43(99)88-32(13-4-22-78-50(62)63)41(97)86-30(39(57)95)11-2-20-76-48(58)59;1-2(3)4/h30-38H,2-28H2,1H3,(H2,57,95)(H,85,94)(H,86,97)(H,87,96)(H,88,99)(H,89,98)(H,90,101)(H,91,100)(H,92,103)(H,93,102)(H4,58,59,76)(H4,60,61,77)(H4,62,63,78)(H4,64,65,79)(H4,66,67,80)(H4,68,69,81)(H4,70,71,82)(H4,72,73,83)(H4,74,75,84);1H3,(H,3,4)/t30-,31-,32-,33-,34-,35-,36-,37-,38-;/m0./s1. The van der Waals surface area contributed by atoms with Crippen molar-refractivity contribution < 1.29 is 57.8 Å². The smallest absolute Gasteiger partial charge is 0.300 e. The lowest BCUT2D eigenvalue weighted by Gasteiger charge is -2.28. The monoisotopic (exact) mass is 1520 g/mol. The molecule has 48 N–H and O–H groups in total. The van der Waals surface area contributed by atoms with Crippen molar-refractivity contribution in [2.75, 3.05) is 58.9 Å². The van der Waals surface area contributed by atoms with Gasteiger partial charge in [-0.3, -0.25) is 97.7 Å². The Morgan fingerprint density at radius 2 is 0.336 bits per heavy atom. The zero-order valence-corrected chi connectivity index (χ0v) is 60.7. The molecule has 0 rings (SSSR count). The van der Waals surface area contributed by atoms with Gasteiger partial charge < -0.3 is 162 Å². The number of rotatable bonds is 54. The lowest BCUT2D eigenvalue weighted by atomic mass is 10.0. The molecule has 0 fully saturated rings. The van der Waals surface area contributed by atoms with E-state index < -0.39 is 119 Å². The molecule has 0 saturated carbocycles. The summed E-state index contributed by atoms with van der Waals surface area (Å²) >= 11 is 0. The maximum absolute atomic E-state index is 14.9. The highest BCUT2D eigenvalue weighted by molar-refractivity contribution is 5.99. The van der Waals surface area contributed by atoms with Crippen molar-refractivity contribution in [1.29, 1.82) is 0 Å². The molecule has 10 amide bonds. The third kappa shape index (κ3) is 52.2. The molecule has 0 aliphatic heterocycles. The van der Waals surface area contributed by atoms with Gasteiger partial charge in [-0.25, -0.2) is 0 Å². The highest BCUT2D eigenvalue weighted by atomic mass is 16.4. The van der Waals surface area contributed by atoms with Crippen LogP contribution in [0.1, 0.15) is 129 Å². The first kappa shape index (κ1) is 96.7. The molecule has 49 heteroatoms. The van der Waals surface area contributed by atoms with Crippen LogP contribution >= 0.6 is 0 Å². The molecule has 0 aromatic carbocycles. The molecule has 0 spiro atoms. The number of aliphatic imine (C=N–C) groups is 9.